The summed E-state index contributed by atoms with van der Waals surface area (Å²) in [6.45, 7) is 0.738. The first-order chi connectivity index (χ1) is 28.7. The van der Waals surface area contributed by atoms with Crippen LogP contribution in [-0.2, 0) is 6.54 Å². The highest BCUT2D eigenvalue weighted by Gasteiger charge is 2.18. The van der Waals surface area contributed by atoms with E-state index in [1.807, 2.05) is 36.9 Å². The van der Waals surface area contributed by atoms with E-state index in [4.69, 9.17) is 9.97 Å². The molecule has 5 aromatic heterocycles. The van der Waals surface area contributed by atoms with Crippen LogP contribution in [0.2, 0.25) is 0 Å². The summed E-state index contributed by atoms with van der Waals surface area (Å²) in [5.41, 5.74) is 11.8. The second-order valence-electron chi connectivity index (χ2n) is 15.5. The standard InChI is InChI=1S/C53H31N5/c1-4-31-8-9-33-10-15-40(43-19-16-32(5-1)48(31)49(33)43)30-58-46-20-17-36(41-24-38-13-11-34-6-2-22-54-50(34)52(38)56-28-41)26-44(46)45-27-37(18-21-47(45)58)42-25-39-14-12-35-7-3-23-55-51(35)53(39)57-29-42/h1-29H,30H2. The predicted molar refractivity (Wildman–Crippen MR) is 241 cm³/mol. The lowest BCUT2D eigenvalue weighted by Crippen LogP contribution is -2.01. The topological polar surface area (TPSA) is 56.5 Å². The van der Waals surface area contributed by atoms with Crippen LogP contribution >= 0.6 is 0 Å². The lowest BCUT2D eigenvalue weighted by atomic mass is 9.92. The molecule has 0 atom stereocenters. The van der Waals surface area contributed by atoms with Crippen molar-refractivity contribution in [1.29, 1.82) is 0 Å². The van der Waals surface area contributed by atoms with Gasteiger partial charge < -0.3 is 4.57 Å². The fourth-order valence-electron chi connectivity index (χ4n) is 9.53. The highest BCUT2D eigenvalue weighted by molar-refractivity contribution is 6.23. The number of pyridine rings is 4. The van der Waals surface area contributed by atoms with Crippen LogP contribution in [0.4, 0.5) is 0 Å². The summed E-state index contributed by atoms with van der Waals surface area (Å²) in [5.74, 6) is 0. The van der Waals surface area contributed by atoms with Gasteiger partial charge in [0.05, 0.1) is 22.1 Å². The van der Waals surface area contributed by atoms with Gasteiger partial charge in [-0.25, -0.2) is 0 Å². The number of hydrogen-bond donors (Lipinski definition) is 0. The maximum Gasteiger partial charge on any atom is 0.0964 e. The molecule has 58 heavy (non-hydrogen) atoms. The summed E-state index contributed by atoms with van der Waals surface area (Å²) in [7, 11) is 0. The number of fused-ring (bicyclic) bond motifs is 9. The quantitative estimate of drug-likeness (QED) is 0.169. The van der Waals surface area contributed by atoms with Gasteiger partial charge in [-0.05, 0) is 97.5 Å². The van der Waals surface area contributed by atoms with Gasteiger partial charge in [0.15, 0.2) is 0 Å². The molecule has 0 aliphatic carbocycles. The van der Waals surface area contributed by atoms with E-state index in [1.54, 1.807) is 0 Å². The predicted octanol–water partition coefficient (Wildman–Crippen LogP) is 13.3. The van der Waals surface area contributed by atoms with Crippen molar-refractivity contribution in [3.8, 4) is 22.3 Å². The molecule has 268 valence electrons. The molecule has 5 heteroatoms. The van der Waals surface area contributed by atoms with Crippen molar-refractivity contribution < 1.29 is 0 Å². The SMILES string of the molecule is c1cnc2c(c1)ccc1cc(-c3ccc4c(c3)c3cc(-c5cnc6c(ccc7cccnc76)c5)ccc3n4Cc3ccc4ccc5cccc6ccc3c4c56)cnc12. The van der Waals surface area contributed by atoms with Crippen LogP contribution in [0.5, 0.6) is 0 Å². The van der Waals surface area contributed by atoms with Crippen molar-refractivity contribution in [2.75, 3.05) is 0 Å². The zero-order chi connectivity index (χ0) is 37.9. The van der Waals surface area contributed by atoms with Gasteiger partial charge in [0.1, 0.15) is 0 Å². The summed E-state index contributed by atoms with van der Waals surface area (Å²) in [5, 5.41) is 14.6. The van der Waals surface area contributed by atoms with Crippen molar-refractivity contribution in [3.63, 3.8) is 0 Å². The average Bonchev–Trinajstić information content (AvgIpc) is 3.59. The summed E-state index contributed by atoms with van der Waals surface area (Å²) in [6.07, 6.45) is 7.66. The molecule has 0 saturated carbocycles. The number of aromatic nitrogens is 5. The minimum absolute atomic E-state index is 0.738. The number of nitrogens with zero attached hydrogens (tertiary/aromatic N) is 5. The van der Waals surface area contributed by atoms with Crippen LogP contribution in [0, 0.1) is 0 Å². The smallest absolute Gasteiger partial charge is 0.0964 e. The Morgan fingerprint density at radius 1 is 0.345 bits per heavy atom. The molecule has 5 heterocycles. The maximum absolute atomic E-state index is 4.97. The van der Waals surface area contributed by atoms with Crippen molar-refractivity contribution in [3.05, 3.63) is 182 Å². The van der Waals surface area contributed by atoms with E-state index in [9.17, 15) is 0 Å². The zero-order valence-electron chi connectivity index (χ0n) is 31.2. The number of rotatable bonds is 4. The van der Waals surface area contributed by atoms with Gasteiger partial charge in [0.2, 0.25) is 0 Å². The minimum atomic E-state index is 0.738. The first-order valence-electron chi connectivity index (χ1n) is 19.7. The molecule has 0 saturated heterocycles. The van der Waals surface area contributed by atoms with Crippen LogP contribution in [0.15, 0.2) is 176 Å². The van der Waals surface area contributed by atoms with Crippen LogP contribution in [-0.4, -0.2) is 24.5 Å². The molecular weight excluding hydrogens is 707 g/mol. The van der Waals surface area contributed by atoms with Gasteiger partial charge in [-0.15, -0.1) is 0 Å². The summed E-state index contributed by atoms with van der Waals surface area (Å²) in [6, 6.07) is 55.3. The second-order valence-corrected chi connectivity index (χ2v) is 15.5. The van der Waals surface area contributed by atoms with Gasteiger partial charge in [0, 0.05) is 85.8 Å². The molecule has 13 aromatic rings. The van der Waals surface area contributed by atoms with E-state index in [-0.39, 0.29) is 0 Å². The van der Waals surface area contributed by atoms with E-state index in [1.165, 1.54) is 59.7 Å². The van der Waals surface area contributed by atoms with Gasteiger partial charge >= 0.3 is 0 Å². The zero-order valence-corrected chi connectivity index (χ0v) is 31.2. The molecule has 0 aliphatic heterocycles. The summed E-state index contributed by atoms with van der Waals surface area (Å²) >= 11 is 0. The molecule has 8 aromatic carbocycles. The Kier molecular flexibility index (Phi) is 6.44. The van der Waals surface area contributed by atoms with Gasteiger partial charge in [-0.1, -0.05) is 103 Å². The number of benzene rings is 8. The molecule has 0 spiro atoms. The highest BCUT2D eigenvalue weighted by atomic mass is 15.0. The van der Waals surface area contributed by atoms with Gasteiger partial charge in [-0.2, -0.15) is 0 Å². The Morgan fingerprint density at radius 3 is 1.43 bits per heavy atom. The van der Waals surface area contributed by atoms with Crippen LogP contribution in [0.25, 0.3) is 120 Å². The Labute approximate surface area is 331 Å². The first-order valence-corrected chi connectivity index (χ1v) is 19.7. The Hall–Kier alpha value is -7.76. The molecule has 5 nitrogen and oxygen atoms in total. The fraction of sp³-hybridized carbons (Fsp3) is 0.0189. The third kappa shape index (κ3) is 4.58. The number of hydrogen-bond acceptors (Lipinski definition) is 4. The summed E-state index contributed by atoms with van der Waals surface area (Å²) < 4.78 is 2.50. The molecule has 0 fully saturated rings. The Balaban J connectivity index is 1.01. The molecule has 0 aliphatic rings. The fourth-order valence-corrected chi connectivity index (χ4v) is 9.53. The van der Waals surface area contributed by atoms with E-state index >= 15 is 0 Å². The largest absolute Gasteiger partial charge is 0.336 e. The van der Waals surface area contributed by atoms with E-state index in [0.717, 1.165) is 72.4 Å². The van der Waals surface area contributed by atoms with Crippen LogP contribution in [0.1, 0.15) is 5.56 Å². The molecule has 0 amide bonds. The normalized spacial score (nSPS) is 12.2. The van der Waals surface area contributed by atoms with Crippen LogP contribution in [0.3, 0.4) is 0 Å². The van der Waals surface area contributed by atoms with Crippen molar-refractivity contribution in [2.24, 2.45) is 0 Å². The Morgan fingerprint density at radius 2 is 0.828 bits per heavy atom. The molecule has 0 unspecified atom stereocenters. The first kappa shape index (κ1) is 31.4. The van der Waals surface area contributed by atoms with E-state index in [2.05, 4.69) is 154 Å². The van der Waals surface area contributed by atoms with Crippen LogP contribution < -0.4 is 0 Å². The third-order valence-corrected chi connectivity index (χ3v) is 12.3. The van der Waals surface area contributed by atoms with Crippen molar-refractivity contribution in [2.45, 2.75) is 6.54 Å². The summed E-state index contributed by atoms with van der Waals surface area (Å²) in [4.78, 5) is 19.3. The second kappa shape index (κ2) is 11.9. The maximum atomic E-state index is 4.97. The monoisotopic (exact) mass is 737 g/mol. The van der Waals surface area contributed by atoms with Gasteiger partial charge in [-0.3, -0.25) is 19.9 Å². The van der Waals surface area contributed by atoms with Crippen molar-refractivity contribution in [1.82, 2.24) is 24.5 Å². The molecule has 13 rings (SSSR count). The molecule has 0 bridgehead atoms. The molecule has 0 radical (unpaired) electrons. The highest BCUT2D eigenvalue weighted by Crippen LogP contribution is 2.40. The molecular formula is C53H31N5. The molecule has 0 N–H and O–H groups in total. The van der Waals surface area contributed by atoms with E-state index < -0.39 is 0 Å². The van der Waals surface area contributed by atoms with Crippen molar-refractivity contribution >= 4 is 97.7 Å². The van der Waals surface area contributed by atoms with E-state index in [0.29, 0.717) is 0 Å². The Bertz CT molecular complexity index is 3650. The lowest BCUT2D eigenvalue weighted by molar-refractivity contribution is 0.876. The lowest BCUT2D eigenvalue weighted by Gasteiger charge is -2.15. The average molecular weight is 738 g/mol. The van der Waals surface area contributed by atoms with Gasteiger partial charge in [0.25, 0.3) is 0 Å². The minimum Gasteiger partial charge on any atom is -0.336 e. The third-order valence-electron chi connectivity index (χ3n) is 12.3.